The van der Waals surface area contributed by atoms with E-state index >= 15 is 0 Å². The Morgan fingerprint density at radius 3 is 2.84 bits per heavy atom. The first-order chi connectivity index (χ1) is 9.15. The molecule has 1 atom stereocenters. The number of benzene rings is 1. The molecule has 0 aliphatic carbocycles. The molecular weight excluding hydrogens is 248 g/mol. The maximum atomic E-state index is 11.8. The van der Waals surface area contributed by atoms with Crippen LogP contribution in [-0.2, 0) is 9.53 Å². The van der Waals surface area contributed by atoms with E-state index in [0.717, 1.165) is 5.56 Å². The molecule has 102 valence electrons. The van der Waals surface area contributed by atoms with Crippen molar-refractivity contribution in [1.82, 2.24) is 10.2 Å². The molecule has 1 saturated heterocycles. The number of urea groups is 1. The summed E-state index contributed by atoms with van der Waals surface area (Å²) in [6, 6.07) is 7.02. The van der Waals surface area contributed by atoms with Gasteiger partial charge < -0.3 is 19.7 Å². The Morgan fingerprint density at radius 1 is 1.42 bits per heavy atom. The summed E-state index contributed by atoms with van der Waals surface area (Å²) in [7, 11) is 2.88. The molecule has 1 fully saturated rings. The topological polar surface area (TPSA) is 67.9 Å². The number of nitrogens with zero attached hydrogens (tertiary/aromatic N) is 1. The van der Waals surface area contributed by atoms with Crippen LogP contribution in [0.4, 0.5) is 4.79 Å². The molecule has 0 aromatic heterocycles. The van der Waals surface area contributed by atoms with Gasteiger partial charge in [0.2, 0.25) is 0 Å². The second-order valence-corrected chi connectivity index (χ2v) is 4.20. The van der Waals surface area contributed by atoms with Gasteiger partial charge in [0.1, 0.15) is 12.3 Å². The highest BCUT2D eigenvalue weighted by molar-refractivity contribution is 5.83. The molecule has 1 aliphatic rings. The van der Waals surface area contributed by atoms with Crippen LogP contribution >= 0.6 is 0 Å². The number of nitrogens with one attached hydrogen (secondary N) is 1. The smallest absolute Gasteiger partial charge is 0.325 e. The van der Waals surface area contributed by atoms with Crippen LogP contribution in [0.2, 0.25) is 0 Å². The average molecular weight is 264 g/mol. The highest BCUT2D eigenvalue weighted by atomic mass is 16.5. The van der Waals surface area contributed by atoms with Gasteiger partial charge in [-0.1, -0.05) is 18.2 Å². The van der Waals surface area contributed by atoms with Crippen molar-refractivity contribution in [3.63, 3.8) is 0 Å². The largest absolute Gasteiger partial charge is 0.496 e. The molecule has 2 amide bonds. The van der Waals surface area contributed by atoms with Crippen LogP contribution in [-0.4, -0.2) is 44.2 Å². The standard InChI is InChI=1S/C13H16N2O4/c1-18-11-6-4-3-5-9(11)10-7-15(13(17)14-10)8-12(16)19-2/h3-6,10H,7-8H2,1-2H3,(H,14,17). The van der Waals surface area contributed by atoms with Crippen LogP contribution in [0.5, 0.6) is 5.75 Å². The van der Waals surface area contributed by atoms with Crippen molar-refractivity contribution >= 4 is 12.0 Å². The quantitative estimate of drug-likeness (QED) is 0.822. The molecule has 0 saturated carbocycles. The van der Waals surface area contributed by atoms with E-state index in [2.05, 4.69) is 10.1 Å². The molecule has 1 N–H and O–H groups in total. The molecule has 1 aromatic carbocycles. The van der Waals surface area contributed by atoms with Crippen LogP contribution in [0.25, 0.3) is 0 Å². The Morgan fingerprint density at radius 2 is 2.16 bits per heavy atom. The Bertz CT molecular complexity index is 489. The van der Waals surface area contributed by atoms with E-state index in [9.17, 15) is 9.59 Å². The van der Waals surface area contributed by atoms with Crippen molar-refractivity contribution in [2.45, 2.75) is 6.04 Å². The number of hydrogen-bond acceptors (Lipinski definition) is 4. The molecule has 1 unspecified atom stereocenters. The zero-order valence-corrected chi connectivity index (χ0v) is 10.9. The minimum atomic E-state index is -0.434. The lowest BCUT2D eigenvalue weighted by molar-refractivity contribution is -0.141. The van der Waals surface area contributed by atoms with E-state index in [1.54, 1.807) is 7.11 Å². The first kappa shape index (κ1) is 13.2. The first-order valence-corrected chi connectivity index (χ1v) is 5.91. The fraction of sp³-hybridized carbons (Fsp3) is 0.385. The minimum Gasteiger partial charge on any atom is -0.496 e. The molecule has 0 radical (unpaired) electrons. The van der Waals surface area contributed by atoms with E-state index in [4.69, 9.17) is 4.74 Å². The van der Waals surface area contributed by atoms with E-state index in [0.29, 0.717) is 12.3 Å². The van der Waals surface area contributed by atoms with Crippen molar-refractivity contribution in [2.24, 2.45) is 0 Å². The van der Waals surface area contributed by atoms with Crippen molar-refractivity contribution < 1.29 is 19.1 Å². The van der Waals surface area contributed by atoms with Crippen LogP contribution in [0.15, 0.2) is 24.3 Å². The number of rotatable bonds is 4. The van der Waals surface area contributed by atoms with Gasteiger partial charge in [-0.05, 0) is 6.07 Å². The summed E-state index contributed by atoms with van der Waals surface area (Å²) in [5.74, 6) is 0.281. The third kappa shape index (κ3) is 2.78. The van der Waals surface area contributed by atoms with E-state index in [1.807, 2.05) is 24.3 Å². The number of carbonyl (C=O) groups excluding carboxylic acids is 2. The van der Waals surface area contributed by atoms with Crippen molar-refractivity contribution in [1.29, 1.82) is 0 Å². The van der Waals surface area contributed by atoms with E-state index < -0.39 is 5.97 Å². The predicted molar refractivity (Wildman–Crippen MR) is 67.9 cm³/mol. The predicted octanol–water partition coefficient (Wildman–Crippen LogP) is 0.934. The summed E-state index contributed by atoms with van der Waals surface area (Å²) < 4.78 is 9.83. The van der Waals surface area contributed by atoms with Crippen LogP contribution in [0.3, 0.4) is 0 Å². The summed E-state index contributed by atoms with van der Waals surface area (Å²) in [4.78, 5) is 24.4. The molecule has 6 heteroatoms. The number of hydrogen-bond donors (Lipinski definition) is 1. The summed E-state index contributed by atoms with van der Waals surface area (Å²) in [5.41, 5.74) is 0.894. The molecule has 6 nitrogen and oxygen atoms in total. The lowest BCUT2D eigenvalue weighted by Crippen LogP contribution is -2.33. The Hall–Kier alpha value is -2.24. The van der Waals surface area contributed by atoms with Gasteiger partial charge in [0.15, 0.2) is 0 Å². The molecule has 0 spiro atoms. The SMILES string of the molecule is COC(=O)CN1CC(c2ccccc2OC)NC1=O. The second kappa shape index (κ2) is 5.60. The van der Waals surface area contributed by atoms with Crippen molar-refractivity contribution in [3.8, 4) is 5.75 Å². The number of methoxy groups -OCH3 is 2. The van der Waals surface area contributed by atoms with Gasteiger partial charge in [-0.15, -0.1) is 0 Å². The molecule has 0 bridgehead atoms. The van der Waals surface area contributed by atoms with E-state index in [1.165, 1.54) is 12.0 Å². The Kier molecular flexibility index (Phi) is 3.89. The fourth-order valence-electron chi connectivity index (χ4n) is 2.08. The zero-order valence-electron chi connectivity index (χ0n) is 10.9. The van der Waals surface area contributed by atoms with Gasteiger partial charge in [-0.2, -0.15) is 0 Å². The zero-order chi connectivity index (χ0) is 13.8. The highest BCUT2D eigenvalue weighted by Gasteiger charge is 2.32. The molecule has 2 rings (SSSR count). The van der Waals surface area contributed by atoms with Gasteiger partial charge in [0.05, 0.1) is 20.3 Å². The van der Waals surface area contributed by atoms with Crippen LogP contribution in [0, 0.1) is 0 Å². The molecule has 1 heterocycles. The second-order valence-electron chi connectivity index (χ2n) is 4.20. The third-order valence-corrected chi connectivity index (χ3v) is 3.05. The fourth-order valence-corrected chi connectivity index (χ4v) is 2.08. The first-order valence-electron chi connectivity index (χ1n) is 5.91. The Balaban J connectivity index is 2.12. The summed E-state index contributed by atoms with van der Waals surface area (Å²) in [6.45, 7) is 0.363. The maximum Gasteiger partial charge on any atom is 0.325 e. The molecule has 1 aromatic rings. The lowest BCUT2D eigenvalue weighted by Gasteiger charge is -2.15. The molecular formula is C13H16N2O4. The van der Waals surface area contributed by atoms with E-state index in [-0.39, 0.29) is 18.6 Å². The Labute approximate surface area is 111 Å². The molecule has 1 aliphatic heterocycles. The average Bonchev–Trinajstić information content (AvgIpc) is 2.79. The van der Waals surface area contributed by atoms with Gasteiger partial charge >= 0.3 is 12.0 Å². The van der Waals surface area contributed by atoms with Gasteiger partial charge in [-0.25, -0.2) is 4.79 Å². The third-order valence-electron chi connectivity index (χ3n) is 3.05. The summed E-state index contributed by atoms with van der Waals surface area (Å²) in [6.07, 6.45) is 0. The normalized spacial score (nSPS) is 18.1. The molecule has 19 heavy (non-hydrogen) atoms. The highest BCUT2D eigenvalue weighted by Crippen LogP contribution is 2.28. The van der Waals surface area contributed by atoms with Gasteiger partial charge in [0, 0.05) is 12.1 Å². The van der Waals surface area contributed by atoms with Crippen molar-refractivity contribution in [3.05, 3.63) is 29.8 Å². The number of amides is 2. The van der Waals surface area contributed by atoms with Gasteiger partial charge in [-0.3, -0.25) is 4.79 Å². The number of carbonyl (C=O) groups is 2. The monoisotopic (exact) mass is 264 g/mol. The lowest BCUT2D eigenvalue weighted by atomic mass is 10.1. The summed E-state index contributed by atoms with van der Waals surface area (Å²) >= 11 is 0. The summed E-state index contributed by atoms with van der Waals surface area (Å²) in [5, 5.41) is 2.82. The number of ether oxygens (including phenoxy) is 2. The van der Waals surface area contributed by atoms with Crippen molar-refractivity contribution in [2.75, 3.05) is 27.3 Å². The van der Waals surface area contributed by atoms with Crippen LogP contribution < -0.4 is 10.1 Å². The maximum absolute atomic E-state index is 11.8. The van der Waals surface area contributed by atoms with Crippen LogP contribution in [0.1, 0.15) is 11.6 Å². The van der Waals surface area contributed by atoms with Gasteiger partial charge in [0.25, 0.3) is 0 Å². The number of para-hydroxylation sites is 1. The minimum absolute atomic E-state index is 0.0476. The number of esters is 1.